The Bertz CT molecular complexity index is 1810. The number of benzene rings is 3. The average molecular weight is 591 g/mol. The van der Waals surface area contributed by atoms with Gasteiger partial charge in [0.2, 0.25) is 5.69 Å². The van der Waals surface area contributed by atoms with E-state index < -0.39 is 6.09 Å². The fourth-order valence-electron chi connectivity index (χ4n) is 5.02. The number of carbonyl (C=O) groups excluding carboxylic acids is 1. The number of ether oxygens (including phenoxy) is 1. The van der Waals surface area contributed by atoms with Crippen molar-refractivity contribution < 1.29 is 9.53 Å². The minimum absolute atomic E-state index is 0.0166. The minimum Gasteiger partial charge on any atom is -0.444 e. The van der Waals surface area contributed by atoms with Crippen LogP contribution in [0.25, 0.3) is 26.1 Å². The maximum Gasteiger partial charge on any atom is 0.412 e. The van der Waals surface area contributed by atoms with Crippen molar-refractivity contribution in [3.8, 4) is 11.1 Å². The van der Waals surface area contributed by atoms with E-state index in [9.17, 15) is 4.79 Å². The summed E-state index contributed by atoms with van der Waals surface area (Å²) in [6.45, 7) is 8.03. The number of nitrogens with one attached hydrogen (secondary N) is 1. The van der Waals surface area contributed by atoms with Crippen LogP contribution in [0.3, 0.4) is 0 Å². The molecule has 1 amide bonds. The SMILES string of the molecule is [C-]#[N+]c1c(NC(=O)OCc2csc3cc(Cl)ccc23)ncc2c1-c1ccccc1C(c1ccc(Cl)c(Cl)c1)C2. The highest BCUT2D eigenvalue weighted by Gasteiger charge is 2.30. The van der Waals surface area contributed by atoms with Gasteiger partial charge in [-0.2, -0.15) is 0 Å². The van der Waals surface area contributed by atoms with Crippen LogP contribution in [-0.4, -0.2) is 11.1 Å². The zero-order valence-corrected chi connectivity index (χ0v) is 23.3. The van der Waals surface area contributed by atoms with Gasteiger partial charge in [-0.25, -0.2) is 9.64 Å². The van der Waals surface area contributed by atoms with Gasteiger partial charge in [-0.15, -0.1) is 11.3 Å². The summed E-state index contributed by atoms with van der Waals surface area (Å²) in [6.07, 6.45) is 1.66. The Balaban J connectivity index is 1.28. The molecule has 1 unspecified atom stereocenters. The molecule has 1 atom stereocenters. The summed E-state index contributed by atoms with van der Waals surface area (Å²) < 4.78 is 6.51. The number of hydrogen-bond donors (Lipinski definition) is 1. The van der Waals surface area contributed by atoms with Crippen LogP contribution in [0.5, 0.6) is 0 Å². The molecule has 0 bridgehead atoms. The summed E-state index contributed by atoms with van der Waals surface area (Å²) in [6, 6.07) is 19.2. The van der Waals surface area contributed by atoms with E-state index in [1.54, 1.807) is 12.3 Å². The molecule has 39 heavy (non-hydrogen) atoms. The van der Waals surface area contributed by atoms with Crippen molar-refractivity contribution in [3.05, 3.63) is 121 Å². The quantitative estimate of drug-likeness (QED) is 0.212. The second-order valence-corrected chi connectivity index (χ2v) is 11.2. The van der Waals surface area contributed by atoms with E-state index >= 15 is 0 Å². The molecule has 0 saturated carbocycles. The second kappa shape index (κ2) is 10.5. The summed E-state index contributed by atoms with van der Waals surface area (Å²) in [7, 11) is 0. The molecule has 1 aliphatic rings. The van der Waals surface area contributed by atoms with Crippen LogP contribution < -0.4 is 5.32 Å². The molecule has 5 aromatic rings. The fourth-order valence-corrected chi connectivity index (χ4v) is 6.55. The average Bonchev–Trinajstić information content (AvgIpc) is 3.34. The highest BCUT2D eigenvalue weighted by atomic mass is 35.5. The summed E-state index contributed by atoms with van der Waals surface area (Å²) >= 11 is 20.1. The van der Waals surface area contributed by atoms with Crippen LogP contribution in [0.1, 0.15) is 28.2 Å². The number of rotatable bonds is 4. The maximum atomic E-state index is 12.8. The minimum atomic E-state index is -0.682. The molecule has 1 aliphatic carbocycles. The van der Waals surface area contributed by atoms with E-state index in [0.717, 1.165) is 43.5 Å². The number of pyridine rings is 1. The molecule has 0 fully saturated rings. The number of amides is 1. The van der Waals surface area contributed by atoms with E-state index in [1.165, 1.54) is 11.3 Å². The molecule has 192 valence electrons. The third kappa shape index (κ3) is 4.84. The Kier molecular flexibility index (Phi) is 6.92. The number of anilines is 1. The lowest BCUT2D eigenvalue weighted by Gasteiger charge is -2.29. The number of aromatic nitrogens is 1. The van der Waals surface area contributed by atoms with E-state index in [0.29, 0.717) is 21.5 Å². The predicted molar refractivity (Wildman–Crippen MR) is 159 cm³/mol. The van der Waals surface area contributed by atoms with Crippen molar-refractivity contribution in [2.75, 3.05) is 5.32 Å². The highest BCUT2D eigenvalue weighted by Crippen LogP contribution is 2.48. The number of fused-ring (bicyclic) bond motifs is 4. The molecule has 2 heterocycles. The van der Waals surface area contributed by atoms with Crippen molar-refractivity contribution in [3.63, 3.8) is 0 Å². The van der Waals surface area contributed by atoms with Crippen LogP contribution in [0.15, 0.2) is 72.2 Å². The first kappa shape index (κ1) is 25.7. The number of carbonyl (C=O) groups is 1. The monoisotopic (exact) mass is 589 g/mol. The van der Waals surface area contributed by atoms with Crippen LogP contribution in [0.4, 0.5) is 16.3 Å². The zero-order valence-electron chi connectivity index (χ0n) is 20.2. The third-order valence-electron chi connectivity index (χ3n) is 6.82. The highest BCUT2D eigenvalue weighted by molar-refractivity contribution is 7.17. The molecule has 2 aromatic heterocycles. The summed E-state index contributed by atoms with van der Waals surface area (Å²) in [4.78, 5) is 21.0. The first-order chi connectivity index (χ1) is 18.9. The molecule has 0 spiro atoms. The Morgan fingerprint density at radius 3 is 2.77 bits per heavy atom. The van der Waals surface area contributed by atoms with E-state index in [-0.39, 0.29) is 24.0 Å². The summed E-state index contributed by atoms with van der Waals surface area (Å²) in [5.41, 5.74) is 5.86. The van der Waals surface area contributed by atoms with Gasteiger partial charge in [0.15, 0.2) is 0 Å². The fraction of sp³-hybridized carbons (Fsp3) is 0.100. The molecule has 1 N–H and O–H groups in total. The summed E-state index contributed by atoms with van der Waals surface area (Å²) in [5, 5.41) is 7.26. The smallest absolute Gasteiger partial charge is 0.412 e. The lowest BCUT2D eigenvalue weighted by Crippen LogP contribution is -2.17. The van der Waals surface area contributed by atoms with Gasteiger partial charge in [0.25, 0.3) is 0 Å². The zero-order chi connectivity index (χ0) is 27.1. The lowest BCUT2D eigenvalue weighted by molar-refractivity contribution is 0.155. The summed E-state index contributed by atoms with van der Waals surface area (Å²) in [5.74, 6) is 0.182. The van der Waals surface area contributed by atoms with Crippen molar-refractivity contribution in [1.82, 2.24) is 4.98 Å². The molecule has 0 aliphatic heterocycles. The van der Waals surface area contributed by atoms with Gasteiger partial charge in [-0.1, -0.05) is 71.2 Å². The Hall–Kier alpha value is -3.60. The van der Waals surface area contributed by atoms with Crippen LogP contribution in [-0.2, 0) is 17.8 Å². The Morgan fingerprint density at radius 2 is 1.95 bits per heavy atom. The number of halogens is 3. The third-order valence-corrected chi connectivity index (χ3v) is 8.78. The van der Waals surface area contributed by atoms with Crippen molar-refractivity contribution in [2.45, 2.75) is 18.9 Å². The first-order valence-electron chi connectivity index (χ1n) is 12.0. The predicted octanol–water partition coefficient (Wildman–Crippen LogP) is 9.91. The largest absolute Gasteiger partial charge is 0.444 e. The molecule has 5 nitrogen and oxygen atoms in total. The van der Waals surface area contributed by atoms with Gasteiger partial charge in [-0.3, -0.25) is 10.3 Å². The molecule has 3 aromatic carbocycles. The van der Waals surface area contributed by atoms with Crippen LogP contribution in [0.2, 0.25) is 15.1 Å². The van der Waals surface area contributed by atoms with Crippen molar-refractivity contribution >= 4 is 73.8 Å². The van der Waals surface area contributed by atoms with E-state index in [2.05, 4.69) is 21.2 Å². The van der Waals surface area contributed by atoms with Gasteiger partial charge >= 0.3 is 6.09 Å². The lowest BCUT2D eigenvalue weighted by atomic mass is 9.76. The van der Waals surface area contributed by atoms with Gasteiger partial charge in [0.1, 0.15) is 12.4 Å². The molecular formula is C30H18Cl3N3O2S. The maximum absolute atomic E-state index is 12.8. The standard InChI is InChI=1S/C30H18Cl3N3O2S/c1-34-28-27-17(10-23(21-4-2-3-5-22(21)27)16-6-9-24(32)25(33)11-16)13-35-29(28)36-30(37)38-14-18-15-39-26-12-19(31)7-8-20(18)26/h2-9,11-13,15,23H,10,14H2,(H,35,36,37). The van der Waals surface area contributed by atoms with E-state index in [4.69, 9.17) is 46.1 Å². The molecule has 0 radical (unpaired) electrons. The van der Waals surface area contributed by atoms with E-state index in [1.807, 2.05) is 53.9 Å². The van der Waals surface area contributed by atoms with Crippen molar-refractivity contribution in [2.24, 2.45) is 0 Å². The van der Waals surface area contributed by atoms with Gasteiger partial charge in [0, 0.05) is 27.4 Å². The Labute approximate surface area is 243 Å². The molecule has 6 rings (SSSR count). The van der Waals surface area contributed by atoms with Crippen LogP contribution in [0, 0.1) is 6.57 Å². The molecule has 0 saturated heterocycles. The molecule has 9 heteroatoms. The van der Waals surface area contributed by atoms with Gasteiger partial charge < -0.3 is 4.74 Å². The number of hydrogen-bond acceptors (Lipinski definition) is 4. The second-order valence-electron chi connectivity index (χ2n) is 9.09. The van der Waals surface area contributed by atoms with Gasteiger partial charge in [-0.05, 0) is 69.3 Å². The number of nitrogens with zero attached hydrogens (tertiary/aromatic N) is 2. The van der Waals surface area contributed by atoms with Crippen molar-refractivity contribution in [1.29, 1.82) is 0 Å². The van der Waals surface area contributed by atoms with Gasteiger partial charge in [0.05, 0.1) is 16.6 Å². The number of thiophene rings is 1. The normalized spacial score (nSPS) is 13.8. The first-order valence-corrected chi connectivity index (χ1v) is 14.0. The topological polar surface area (TPSA) is 55.6 Å². The molecular weight excluding hydrogens is 573 g/mol. The van der Waals surface area contributed by atoms with Crippen LogP contribution >= 0.6 is 46.1 Å². The Morgan fingerprint density at radius 1 is 1.10 bits per heavy atom.